The van der Waals surface area contributed by atoms with Crippen LogP contribution in [-0.4, -0.2) is 4.98 Å². The zero-order valence-electron chi connectivity index (χ0n) is 14.6. The van der Waals surface area contributed by atoms with Gasteiger partial charge in [-0.25, -0.2) is 4.98 Å². The standard InChI is InChI=1S/C25H16BrN/c26-19-13-14-24-23(15-19)22(18-7-2-1-3-8-18)16-25(27-24)21-12-6-10-17-9-4-5-11-20(17)21/h1-16H. The molecule has 5 aromatic rings. The number of fused-ring (bicyclic) bond motifs is 2. The molecule has 0 radical (unpaired) electrons. The number of rotatable bonds is 2. The molecule has 128 valence electrons. The van der Waals surface area contributed by atoms with Crippen molar-refractivity contribution in [3.8, 4) is 22.4 Å². The highest BCUT2D eigenvalue weighted by atomic mass is 79.9. The van der Waals surface area contributed by atoms with E-state index in [0.717, 1.165) is 26.6 Å². The van der Waals surface area contributed by atoms with Crippen LogP contribution in [0.15, 0.2) is 102 Å². The van der Waals surface area contributed by atoms with E-state index in [2.05, 4.69) is 113 Å². The number of nitrogens with zero attached hydrogens (tertiary/aromatic N) is 1. The summed E-state index contributed by atoms with van der Waals surface area (Å²) in [5.74, 6) is 0. The van der Waals surface area contributed by atoms with Crippen LogP contribution < -0.4 is 0 Å². The molecule has 0 aliphatic heterocycles. The van der Waals surface area contributed by atoms with Gasteiger partial charge in [-0.05, 0) is 46.2 Å². The van der Waals surface area contributed by atoms with Crippen molar-refractivity contribution in [3.63, 3.8) is 0 Å². The maximum Gasteiger partial charge on any atom is 0.0722 e. The van der Waals surface area contributed by atoms with E-state index in [4.69, 9.17) is 4.98 Å². The van der Waals surface area contributed by atoms with E-state index in [9.17, 15) is 0 Å². The van der Waals surface area contributed by atoms with E-state index in [1.165, 1.54) is 21.9 Å². The molecule has 0 aliphatic rings. The molecular weight excluding hydrogens is 394 g/mol. The Morgan fingerprint density at radius 3 is 2.26 bits per heavy atom. The third-order valence-corrected chi connectivity index (χ3v) is 5.41. The van der Waals surface area contributed by atoms with Crippen molar-refractivity contribution in [3.05, 3.63) is 102 Å². The van der Waals surface area contributed by atoms with Crippen LogP contribution in [0.3, 0.4) is 0 Å². The number of hydrogen-bond donors (Lipinski definition) is 0. The average molecular weight is 410 g/mol. The predicted octanol–water partition coefficient (Wildman–Crippen LogP) is 7.48. The molecule has 0 bridgehead atoms. The van der Waals surface area contributed by atoms with Gasteiger partial charge in [0.25, 0.3) is 0 Å². The molecular formula is C25H16BrN. The Hall–Kier alpha value is -2.97. The number of hydrogen-bond acceptors (Lipinski definition) is 1. The first-order valence-electron chi connectivity index (χ1n) is 8.93. The van der Waals surface area contributed by atoms with Gasteiger partial charge < -0.3 is 0 Å². The number of halogens is 1. The quantitative estimate of drug-likeness (QED) is 0.294. The topological polar surface area (TPSA) is 12.9 Å². The van der Waals surface area contributed by atoms with E-state index in [0.29, 0.717) is 0 Å². The summed E-state index contributed by atoms with van der Waals surface area (Å²) in [4.78, 5) is 5.00. The van der Waals surface area contributed by atoms with Gasteiger partial charge in [0.15, 0.2) is 0 Å². The van der Waals surface area contributed by atoms with Crippen molar-refractivity contribution >= 4 is 37.6 Å². The van der Waals surface area contributed by atoms with Crippen LogP contribution in [-0.2, 0) is 0 Å². The third kappa shape index (κ3) is 2.92. The van der Waals surface area contributed by atoms with Crippen molar-refractivity contribution in [1.82, 2.24) is 4.98 Å². The SMILES string of the molecule is Brc1ccc2nc(-c3cccc4ccccc34)cc(-c3ccccc3)c2c1. The zero-order chi connectivity index (χ0) is 18.2. The lowest BCUT2D eigenvalue weighted by Gasteiger charge is -2.12. The monoisotopic (exact) mass is 409 g/mol. The fourth-order valence-electron chi connectivity index (χ4n) is 3.64. The van der Waals surface area contributed by atoms with Gasteiger partial charge in [-0.2, -0.15) is 0 Å². The van der Waals surface area contributed by atoms with Gasteiger partial charge in [0.1, 0.15) is 0 Å². The summed E-state index contributed by atoms with van der Waals surface area (Å²) in [6.45, 7) is 0. The molecule has 27 heavy (non-hydrogen) atoms. The second-order valence-electron chi connectivity index (χ2n) is 6.61. The Morgan fingerprint density at radius 1 is 0.593 bits per heavy atom. The largest absolute Gasteiger partial charge is 0.248 e. The van der Waals surface area contributed by atoms with Gasteiger partial charge in [-0.15, -0.1) is 0 Å². The Bertz CT molecular complexity index is 1270. The number of aromatic nitrogens is 1. The van der Waals surface area contributed by atoms with E-state index in [-0.39, 0.29) is 0 Å². The molecule has 0 aliphatic carbocycles. The molecule has 0 N–H and O–H groups in total. The lowest BCUT2D eigenvalue weighted by Crippen LogP contribution is -1.91. The molecule has 0 atom stereocenters. The summed E-state index contributed by atoms with van der Waals surface area (Å²) in [5, 5.41) is 3.61. The van der Waals surface area contributed by atoms with E-state index < -0.39 is 0 Å². The smallest absolute Gasteiger partial charge is 0.0722 e. The molecule has 1 nitrogen and oxygen atoms in total. The third-order valence-electron chi connectivity index (χ3n) is 4.92. The molecule has 0 spiro atoms. The zero-order valence-corrected chi connectivity index (χ0v) is 16.1. The maximum absolute atomic E-state index is 5.00. The summed E-state index contributed by atoms with van der Waals surface area (Å²) in [6, 6.07) is 33.9. The van der Waals surface area contributed by atoms with Crippen LogP contribution in [0.2, 0.25) is 0 Å². The van der Waals surface area contributed by atoms with Crippen LogP contribution >= 0.6 is 15.9 Å². The Balaban J connectivity index is 1.85. The van der Waals surface area contributed by atoms with E-state index in [1.54, 1.807) is 0 Å². The van der Waals surface area contributed by atoms with Gasteiger partial charge >= 0.3 is 0 Å². The minimum atomic E-state index is 1.00. The predicted molar refractivity (Wildman–Crippen MR) is 118 cm³/mol. The minimum Gasteiger partial charge on any atom is -0.248 e. The normalized spacial score (nSPS) is 11.1. The highest BCUT2D eigenvalue weighted by molar-refractivity contribution is 9.10. The summed E-state index contributed by atoms with van der Waals surface area (Å²) < 4.78 is 1.06. The van der Waals surface area contributed by atoms with E-state index in [1.807, 2.05) is 0 Å². The van der Waals surface area contributed by atoms with Crippen molar-refractivity contribution in [2.45, 2.75) is 0 Å². The summed E-state index contributed by atoms with van der Waals surface area (Å²) in [5.41, 5.74) is 5.56. The van der Waals surface area contributed by atoms with Gasteiger partial charge in [-0.3, -0.25) is 0 Å². The number of benzene rings is 4. The molecule has 4 aromatic carbocycles. The molecule has 1 heterocycles. The van der Waals surface area contributed by atoms with E-state index >= 15 is 0 Å². The van der Waals surface area contributed by atoms with Gasteiger partial charge in [0.05, 0.1) is 11.2 Å². The molecule has 0 unspecified atom stereocenters. The molecule has 0 fully saturated rings. The minimum absolute atomic E-state index is 1.00. The van der Waals surface area contributed by atoms with Gasteiger partial charge in [-0.1, -0.05) is 88.7 Å². The summed E-state index contributed by atoms with van der Waals surface area (Å²) in [6.07, 6.45) is 0. The molecule has 5 rings (SSSR count). The number of pyridine rings is 1. The van der Waals surface area contributed by atoms with Crippen molar-refractivity contribution in [2.24, 2.45) is 0 Å². The molecule has 0 saturated carbocycles. The molecule has 0 saturated heterocycles. The van der Waals surface area contributed by atoms with Crippen molar-refractivity contribution < 1.29 is 0 Å². The molecule has 0 amide bonds. The first-order chi connectivity index (χ1) is 13.3. The fraction of sp³-hybridized carbons (Fsp3) is 0. The highest BCUT2D eigenvalue weighted by Crippen LogP contribution is 2.35. The van der Waals surface area contributed by atoms with Crippen LogP contribution in [0.4, 0.5) is 0 Å². The lowest BCUT2D eigenvalue weighted by atomic mass is 9.96. The van der Waals surface area contributed by atoms with Crippen molar-refractivity contribution in [2.75, 3.05) is 0 Å². The summed E-state index contributed by atoms with van der Waals surface area (Å²) in [7, 11) is 0. The van der Waals surface area contributed by atoms with Crippen LogP contribution in [0.5, 0.6) is 0 Å². The Kier molecular flexibility index (Phi) is 3.99. The van der Waals surface area contributed by atoms with Crippen LogP contribution in [0.25, 0.3) is 44.1 Å². The first kappa shape index (κ1) is 16.2. The second-order valence-corrected chi connectivity index (χ2v) is 7.52. The maximum atomic E-state index is 5.00. The highest BCUT2D eigenvalue weighted by Gasteiger charge is 2.11. The Morgan fingerprint density at radius 2 is 1.37 bits per heavy atom. The average Bonchev–Trinajstić information content (AvgIpc) is 2.73. The molecule has 2 heteroatoms. The second kappa shape index (κ2) is 6.64. The summed E-state index contributed by atoms with van der Waals surface area (Å²) >= 11 is 3.61. The lowest BCUT2D eigenvalue weighted by molar-refractivity contribution is 1.40. The first-order valence-corrected chi connectivity index (χ1v) is 9.73. The molecule has 1 aromatic heterocycles. The fourth-order valence-corrected chi connectivity index (χ4v) is 4.00. The van der Waals surface area contributed by atoms with Crippen molar-refractivity contribution in [1.29, 1.82) is 0 Å². The van der Waals surface area contributed by atoms with Crippen LogP contribution in [0.1, 0.15) is 0 Å². The Labute approximate surface area is 166 Å². The van der Waals surface area contributed by atoms with Gasteiger partial charge in [0.2, 0.25) is 0 Å². The van der Waals surface area contributed by atoms with Gasteiger partial charge in [0, 0.05) is 15.4 Å². The van der Waals surface area contributed by atoms with Crippen LogP contribution in [0, 0.1) is 0 Å².